The van der Waals surface area contributed by atoms with Crippen LogP contribution in [0.2, 0.25) is 0 Å². The number of carboxylic acid groups (broad SMARTS) is 1. The Morgan fingerprint density at radius 3 is 2.42 bits per heavy atom. The van der Waals surface area contributed by atoms with Crippen LogP contribution in [0.5, 0.6) is 0 Å². The van der Waals surface area contributed by atoms with Crippen molar-refractivity contribution in [1.29, 1.82) is 0 Å². The summed E-state index contributed by atoms with van der Waals surface area (Å²) in [6, 6.07) is -1.17. The van der Waals surface area contributed by atoms with Crippen molar-refractivity contribution in [3.63, 3.8) is 0 Å². The van der Waals surface area contributed by atoms with Gasteiger partial charge in [0, 0.05) is 6.42 Å². The number of nitrogens with one attached hydrogen (secondary N) is 1. The molecule has 0 aromatic heterocycles. The third-order valence-electron chi connectivity index (χ3n) is 2.40. The molecule has 0 aromatic carbocycles. The molecule has 19 heavy (non-hydrogen) atoms. The minimum Gasteiger partial charge on any atom is -0.480 e. The molecule has 0 spiro atoms. The molecule has 0 radical (unpaired) electrons. The van der Waals surface area contributed by atoms with Crippen molar-refractivity contribution in [3.8, 4) is 0 Å². The number of hydrogen-bond acceptors (Lipinski definition) is 4. The molecule has 0 aliphatic carbocycles. The van der Waals surface area contributed by atoms with Crippen LogP contribution in [0.15, 0.2) is 0 Å². The van der Waals surface area contributed by atoms with E-state index in [0.29, 0.717) is 6.21 Å². The molecule has 0 aliphatic rings. The fourth-order valence-corrected chi connectivity index (χ4v) is 1.31. The van der Waals surface area contributed by atoms with Gasteiger partial charge >= 0.3 is 12.2 Å². The van der Waals surface area contributed by atoms with E-state index in [1.54, 1.807) is 13.8 Å². The Bertz CT molecular complexity index is 405. The minimum atomic E-state index is -1.23. The predicted molar refractivity (Wildman–Crippen MR) is 71.1 cm³/mol. The van der Waals surface area contributed by atoms with Crippen molar-refractivity contribution in [3.05, 3.63) is 5.53 Å². The number of aliphatic carboxylic acids is 1. The summed E-state index contributed by atoms with van der Waals surface area (Å²) >= 11 is 4.08. The van der Waals surface area contributed by atoms with Gasteiger partial charge in [-0.2, -0.15) is 17.4 Å². The first-order chi connectivity index (χ1) is 8.79. The van der Waals surface area contributed by atoms with Crippen molar-refractivity contribution in [2.75, 3.05) is 0 Å². The summed E-state index contributed by atoms with van der Waals surface area (Å²) < 4.78 is 0. The van der Waals surface area contributed by atoms with Crippen LogP contribution in [-0.2, 0) is 14.4 Å². The summed E-state index contributed by atoms with van der Waals surface area (Å²) in [7, 11) is 0. The second-order valence-corrected chi connectivity index (χ2v) is 4.89. The summed E-state index contributed by atoms with van der Waals surface area (Å²) in [5.41, 5.74) is 8.14. The molecule has 1 amide bonds. The predicted octanol–water partition coefficient (Wildman–Crippen LogP) is 0.160. The monoisotopic (exact) mass is 287 g/mol. The molecule has 0 bridgehead atoms. The number of carbonyl (C=O) groups excluding carboxylic acids is 2. The van der Waals surface area contributed by atoms with Crippen molar-refractivity contribution in [2.45, 2.75) is 38.0 Å². The molecule has 2 atom stereocenters. The van der Waals surface area contributed by atoms with Gasteiger partial charge in [0.15, 0.2) is 0 Å². The van der Waals surface area contributed by atoms with Gasteiger partial charge in [0.1, 0.15) is 6.04 Å². The van der Waals surface area contributed by atoms with Crippen LogP contribution in [-0.4, -0.2) is 45.1 Å². The Labute approximate surface area is 116 Å². The molecule has 0 saturated carbocycles. The van der Waals surface area contributed by atoms with Gasteiger partial charge in [-0.1, -0.05) is 13.8 Å². The van der Waals surface area contributed by atoms with Crippen molar-refractivity contribution in [2.24, 2.45) is 5.92 Å². The molecule has 0 saturated heterocycles. The largest absolute Gasteiger partial charge is 0.480 e. The van der Waals surface area contributed by atoms with Crippen LogP contribution < -0.4 is 5.32 Å². The number of amides is 1. The van der Waals surface area contributed by atoms with Gasteiger partial charge in [-0.05, 0) is 12.3 Å². The Morgan fingerprint density at radius 1 is 1.42 bits per heavy atom. The summed E-state index contributed by atoms with van der Waals surface area (Å²) in [5.74, 6) is -2.28. The number of carboxylic acids is 1. The lowest BCUT2D eigenvalue weighted by atomic mass is 10.1. The topological polar surface area (TPSA) is 120 Å². The first-order valence-corrected chi connectivity index (χ1v) is 6.22. The number of carbonyl (C=O) groups is 3. The van der Waals surface area contributed by atoms with E-state index in [1.165, 1.54) is 0 Å². The highest BCUT2D eigenvalue weighted by Gasteiger charge is 2.25. The zero-order valence-electron chi connectivity index (χ0n) is 10.7. The molecule has 0 aliphatic heterocycles. The fourth-order valence-electron chi connectivity index (χ4n) is 1.23. The van der Waals surface area contributed by atoms with Crippen LogP contribution in [0.25, 0.3) is 5.53 Å². The zero-order valence-corrected chi connectivity index (χ0v) is 11.6. The third kappa shape index (κ3) is 6.73. The van der Waals surface area contributed by atoms with Crippen LogP contribution in [0, 0.1) is 5.92 Å². The zero-order chi connectivity index (χ0) is 15.0. The second kappa shape index (κ2) is 8.44. The molecule has 2 N–H and O–H groups in total. The first-order valence-electron chi connectivity index (χ1n) is 5.71. The summed E-state index contributed by atoms with van der Waals surface area (Å²) in [6.45, 7) is 3.57. The lowest BCUT2D eigenvalue weighted by Crippen LogP contribution is -2.45. The van der Waals surface area contributed by atoms with E-state index in [2.05, 4.69) is 22.7 Å². The average molecular weight is 287 g/mol. The highest BCUT2D eigenvalue weighted by atomic mass is 32.1. The summed E-state index contributed by atoms with van der Waals surface area (Å²) in [4.78, 5) is 36.2. The lowest BCUT2D eigenvalue weighted by Gasteiger charge is -2.18. The maximum Gasteiger partial charge on any atom is 0.326 e. The van der Waals surface area contributed by atoms with Crippen LogP contribution >= 0.6 is 12.6 Å². The fraction of sp³-hybridized carbons (Fsp3) is 0.636. The van der Waals surface area contributed by atoms with Gasteiger partial charge in [-0.15, -0.1) is 0 Å². The Hall–Kier alpha value is -1.66. The van der Waals surface area contributed by atoms with Gasteiger partial charge in [0.05, 0.1) is 5.25 Å². The maximum absolute atomic E-state index is 11.7. The van der Waals surface area contributed by atoms with E-state index in [-0.39, 0.29) is 18.8 Å². The Balaban J connectivity index is 4.50. The van der Waals surface area contributed by atoms with Gasteiger partial charge in [0.25, 0.3) is 0 Å². The summed E-state index contributed by atoms with van der Waals surface area (Å²) in [5, 5.41) is 10.7. The number of hydrogen-bond donors (Lipinski definition) is 3. The van der Waals surface area contributed by atoms with Gasteiger partial charge in [0.2, 0.25) is 11.7 Å². The van der Waals surface area contributed by atoms with E-state index in [4.69, 9.17) is 10.6 Å². The molecule has 2 unspecified atom stereocenters. The molecule has 0 aromatic rings. The number of rotatable bonds is 8. The molecule has 0 heterocycles. The van der Waals surface area contributed by atoms with Crippen LogP contribution in [0.4, 0.5) is 0 Å². The van der Waals surface area contributed by atoms with Crippen LogP contribution in [0.1, 0.15) is 26.7 Å². The number of nitrogens with zero attached hydrogens (tertiary/aromatic N) is 2. The number of Topliss-reactive ketones (excluding diaryl/α,β-unsaturated/α-hetero) is 1. The molecule has 0 fully saturated rings. The van der Waals surface area contributed by atoms with Crippen molar-refractivity contribution in [1.82, 2.24) is 5.32 Å². The molecule has 0 rings (SSSR count). The molecular formula is C11H17N3O4S. The standard InChI is InChI=1S/C11H17N3O4S/c1-6(2)9(19)10(16)14-8(11(17)18)4-3-7(15)5-13-12/h5-6,8-9,19H,3-4H2,1-2H3,(H,14,16)(H,17,18). The Morgan fingerprint density at radius 2 is 2.00 bits per heavy atom. The molecule has 8 heteroatoms. The van der Waals surface area contributed by atoms with Gasteiger partial charge in [-0.25, -0.2) is 4.79 Å². The van der Waals surface area contributed by atoms with E-state index >= 15 is 0 Å². The molecule has 7 nitrogen and oxygen atoms in total. The first kappa shape index (κ1) is 17.3. The highest BCUT2D eigenvalue weighted by molar-refractivity contribution is 7.81. The van der Waals surface area contributed by atoms with E-state index < -0.39 is 29.0 Å². The smallest absolute Gasteiger partial charge is 0.326 e. The van der Waals surface area contributed by atoms with Crippen molar-refractivity contribution < 1.29 is 24.3 Å². The number of thiol groups is 1. The minimum absolute atomic E-state index is 0.0408. The average Bonchev–Trinajstić information content (AvgIpc) is 2.32. The highest BCUT2D eigenvalue weighted by Crippen LogP contribution is 2.10. The summed E-state index contributed by atoms with van der Waals surface area (Å²) in [6.07, 6.45) is 0.473. The third-order valence-corrected chi connectivity index (χ3v) is 3.23. The van der Waals surface area contributed by atoms with Gasteiger partial charge in [-0.3, -0.25) is 9.59 Å². The Kier molecular flexibility index (Phi) is 7.71. The second-order valence-electron chi connectivity index (χ2n) is 4.34. The maximum atomic E-state index is 11.7. The quantitative estimate of drug-likeness (QED) is 0.255. The van der Waals surface area contributed by atoms with Crippen molar-refractivity contribution >= 4 is 36.5 Å². The molecular weight excluding hydrogens is 270 g/mol. The number of ketones is 1. The molecule has 106 valence electrons. The van der Waals surface area contributed by atoms with E-state index in [0.717, 1.165) is 0 Å². The normalized spacial score (nSPS) is 13.3. The van der Waals surface area contributed by atoms with Crippen LogP contribution in [0.3, 0.4) is 0 Å². The van der Waals surface area contributed by atoms with E-state index in [9.17, 15) is 14.4 Å². The van der Waals surface area contributed by atoms with Gasteiger partial charge < -0.3 is 16.0 Å². The SMILES string of the molecule is CC(C)C(S)C(=O)NC(CCC(=O)C=[N+]=[N-])C(=O)O. The van der Waals surface area contributed by atoms with E-state index in [1.807, 2.05) is 0 Å². The lowest BCUT2D eigenvalue weighted by molar-refractivity contribution is -0.142.